The van der Waals surface area contributed by atoms with Gasteiger partial charge in [-0.1, -0.05) is 35.4 Å². The van der Waals surface area contributed by atoms with E-state index >= 15 is 0 Å². The molecule has 3 heterocycles. The fraction of sp³-hybridized carbons (Fsp3) is 0.0870. The van der Waals surface area contributed by atoms with Crippen molar-refractivity contribution < 1.29 is 4.79 Å². The molecule has 164 valence electrons. The molecule has 5 aromatic rings. The van der Waals surface area contributed by atoms with Crippen LogP contribution in [0.25, 0.3) is 22.7 Å². The number of nitrogens with one attached hydrogen (secondary N) is 2. The molecule has 10 heteroatoms. The number of carbonyl (C=O) groups excluding carboxylic acids is 1. The van der Waals surface area contributed by atoms with Crippen LogP contribution in [0.15, 0.2) is 65.6 Å². The summed E-state index contributed by atoms with van der Waals surface area (Å²) in [7, 11) is 0. The van der Waals surface area contributed by atoms with Gasteiger partial charge in [-0.2, -0.15) is 19.9 Å². The smallest absolute Gasteiger partial charge is 0.263 e. The van der Waals surface area contributed by atoms with Gasteiger partial charge in [-0.25, -0.2) is 4.68 Å². The van der Waals surface area contributed by atoms with Crippen molar-refractivity contribution in [1.29, 1.82) is 0 Å². The lowest BCUT2D eigenvalue weighted by atomic mass is 10.1. The van der Waals surface area contributed by atoms with Crippen LogP contribution in [0.4, 0.5) is 5.82 Å². The van der Waals surface area contributed by atoms with E-state index in [2.05, 4.69) is 25.5 Å². The molecule has 9 nitrogen and oxygen atoms in total. The van der Waals surface area contributed by atoms with Crippen LogP contribution in [0.5, 0.6) is 0 Å². The lowest BCUT2D eigenvalue weighted by Crippen LogP contribution is -2.19. The number of aryl methyl sites for hydroxylation is 2. The largest absolute Gasteiger partial charge is 0.306 e. The number of H-pyrrole nitrogens is 1. The molecule has 0 saturated heterocycles. The van der Waals surface area contributed by atoms with Crippen molar-refractivity contribution in [1.82, 2.24) is 29.5 Å². The second-order valence-electron chi connectivity index (χ2n) is 7.57. The molecule has 2 aromatic carbocycles. The monoisotopic (exact) mass is 459 g/mol. The number of aromatic amines is 1. The van der Waals surface area contributed by atoms with E-state index < -0.39 is 0 Å². The summed E-state index contributed by atoms with van der Waals surface area (Å²) >= 11 is 6.12. The van der Waals surface area contributed by atoms with Crippen molar-refractivity contribution in [3.63, 3.8) is 0 Å². The molecule has 0 spiro atoms. The van der Waals surface area contributed by atoms with Crippen molar-refractivity contribution in [2.24, 2.45) is 0 Å². The first-order chi connectivity index (χ1) is 15.9. The Morgan fingerprint density at radius 2 is 1.85 bits per heavy atom. The number of nitrogens with zero attached hydrogens (tertiary/aromatic N) is 5. The summed E-state index contributed by atoms with van der Waals surface area (Å²) in [5, 5.41) is 12.4. The molecule has 33 heavy (non-hydrogen) atoms. The first kappa shape index (κ1) is 20.7. The van der Waals surface area contributed by atoms with Gasteiger partial charge in [0.25, 0.3) is 11.5 Å². The number of aromatic nitrogens is 6. The van der Waals surface area contributed by atoms with E-state index in [9.17, 15) is 9.59 Å². The van der Waals surface area contributed by atoms with Gasteiger partial charge in [-0.3, -0.25) is 14.6 Å². The van der Waals surface area contributed by atoms with E-state index in [0.717, 1.165) is 5.56 Å². The summed E-state index contributed by atoms with van der Waals surface area (Å²) < 4.78 is 2.92. The number of rotatable bonds is 4. The molecule has 0 aliphatic heterocycles. The average Bonchev–Trinajstić information content (AvgIpc) is 3.37. The highest BCUT2D eigenvalue weighted by molar-refractivity contribution is 6.30. The highest BCUT2D eigenvalue weighted by atomic mass is 35.5. The zero-order valence-corrected chi connectivity index (χ0v) is 18.5. The highest BCUT2D eigenvalue weighted by Crippen LogP contribution is 2.20. The first-order valence-electron chi connectivity index (χ1n) is 10.1. The summed E-state index contributed by atoms with van der Waals surface area (Å²) in [6, 6.07) is 16.0. The lowest BCUT2D eigenvalue weighted by Gasteiger charge is -2.09. The number of amides is 1. The van der Waals surface area contributed by atoms with Gasteiger partial charge >= 0.3 is 0 Å². The van der Waals surface area contributed by atoms with E-state index in [0.29, 0.717) is 38.8 Å². The number of anilines is 1. The van der Waals surface area contributed by atoms with Gasteiger partial charge in [0.15, 0.2) is 5.65 Å². The number of hydrogen-bond acceptors (Lipinski definition) is 5. The minimum Gasteiger partial charge on any atom is -0.306 e. The molecule has 0 fully saturated rings. The Hall–Kier alpha value is -4.24. The molecule has 0 aliphatic carbocycles. The molecule has 0 saturated carbocycles. The number of halogens is 1. The molecule has 0 unspecified atom stereocenters. The van der Waals surface area contributed by atoms with Gasteiger partial charge in [0.2, 0.25) is 5.95 Å². The molecule has 3 aromatic heterocycles. The van der Waals surface area contributed by atoms with Gasteiger partial charge in [0, 0.05) is 16.7 Å². The van der Waals surface area contributed by atoms with Gasteiger partial charge in [-0.05, 0) is 44.2 Å². The maximum atomic E-state index is 12.8. The fourth-order valence-corrected chi connectivity index (χ4v) is 3.63. The Labute approximate surface area is 192 Å². The van der Waals surface area contributed by atoms with Crippen molar-refractivity contribution >= 4 is 34.4 Å². The summed E-state index contributed by atoms with van der Waals surface area (Å²) in [4.78, 5) is 32.8. The standard InChI is InChI=1S/C23H18ClN7O2/c1-13-6-8-15(9-7-13)21(32)26-19-10-14(2)29-31(19)23-27-20-18(22(33)28-23)12-25-30(20)17-5-3-4-16(24)11-17/h3-12H,1-2H3,(H,26,32)(H,27,28,33). The Bertz CT molecular complexity index is 1560. The van der Waals surface area contributed by atoms with Crippen molar-refractivity contribution in [2.75, 3.05) is 5.32 Å². The zero-order chi connectivity index (χ0) is 23.1. The Kier molecular flexibility index (Phi) is 5.02. The van der Waals surface area contributed by atoms with Crippen LogP contribution in [0.2, 0.25) is 5.02 Å². The number of hydrogen-bond donors (Lipinski definition) is 2. The van der Waals surface area contributed by atoms with E-state index in [1.165, 1.54) is 15.6 Å². The maximum Gasteiger partial charge on any atom is 0.263 e. The van der Waals surface area contributed by atoms with Crippen LogP contribution in [-0.2, 0) is 0 Å². The molecule has 0 radical (unpaired) electrons. The third-order valence-corrected chi connectivity index (χ3v) is 5.30. The summed E-state index contributed by atoms with van der Waals surface area (Å²) in [6.07, 6.45) is 1.44. The average molecular weight is 460 g/mol. The van der Waals surface area contributed by atoms with Crippen LogP contribution in [-0.4, -0.2) is 35.4 Å². The van der Waals surface area contributed by atoms with Crippen LogP contribution in [0.1, 0.15) is 21.6 Å². The first-order valence-corrected chi connectivity index (χ1v) is 10.5. The maximum absolute atomic E-state index is 12.8. The molecule has 1 amide bonds. The van der Waals surface area contributed by atoms with Crippen LogP contribution in [0, 0.1) is 13.8 Å². The second-order valence-corrected chi connectivity index (χ2v) is 8.00. The van der Waals surface area contributed by atoms with Crippen LogP contribution in [0.3, 0.4) is 0 Å². The third-order valence-electron chi connectivity index (χ3n) is 5.07. The predicted molar refractivity (Wildman–Crippen MR) is 125 cm³/mol. The van der Waals surface area contributed by atoms with Gasteiger partial charge < -0.3 is 5.32 Å². The van der Waals surface area contributed by atoms with Crippen molar-refractivity contribution in [3.8, 4) is 11.6 Å². The normalized spacial score (nSPS) is 11.1. The van der Waals surface area contributed by atoms with Gasteiger partial charge in [0.1, 0.15) is 11.2 Å². The van der Waals surface area contributed by atoms with Crippen LogP contribution < -0.4 is 10.9 Å². The number of benzene rings is 2. The molecule has 5 rings (SSSR count). The predicted octanol–water partition coefficient (Wildman–Crippen LogP) is 3.82. The minimum absolute atomic E-state index is 0.142. The second kappa shape index (κ2) is 8.03. The SMILES string of the molecule is Cc1ccc(C(=O)Nc2cc(C)nn2-c2nc3c(cnn3-c3cccc(Cl)c3)c(=O)[nH]2)cc1. The number of carbonyl (C=O) groups is 1. The van der Waals surface area contributed by atoms with Crippen molar-refractivity contribution in [3.05, 3.63) is 93.0 Å². The van der Waals surface area contributed by atoms with E-state index in [1.807, 2.05) is 25.1 Å². The Morgan fingerprint density at radius 3 is 2.61 bits per heavy atom. The summed E-state index contributed by atoms with van der Waals surface area (Å²) in [6.45, 7) is 3.73. The molecule has 0 bridgehead atoms. The molecule has 2 N–H and O–H groups in total. The van der Waals surface area contributed by atoms with E-state index in [4.69, 9.17) is 11.6 Å². The summed E-state index contributed by atoms with van der Waals surface area (Å²) in [5.74, 6) is 0.210. The fourth-order valence-electron chi connectivity index (χ4n) is 3.45. The number of fused-ring (bicyclic) bond motifs is 1. The molecular formula is C23H18ClN7O2. The Balaban J connectivity index is 1.58. The topological polar surface area (TPSA) is 110 Å². The highest BCUT2D eigenvalue weighted by Gasteiger charge is 2.17. The Morgan fingerprint density at radius 1 is 1.06 bits per heavy atom. The molecule has 0 aliphatic rings. The zero-order valence-electron chi connectivity index (χ0n) is 17.7. The molecule has 0 atom stereocenters. The van der Waals surface area contributed by atoms with Crippen molar-refractivity contribution in [2.45, 2.75) is 13.8 Å². The van der Waals surface area contributed by atoms with Crippen LogP contribution >= 0.6 is 11.6 Å². The third kappa shape index (κ3) is 3.90. The minimum atomic E-state index is -0.382. The molecular weight excluding hydrogens is 442 g/mol. The quantitative estimate of drug-likeness (QED) is 0.424. The summed E-state index contributed by atoms with van der Waals surface area (Å²) in [5.41, 5.74) is 2.80. The van der Waals surface area contributed by atoms with Gasteiger partial charge in [-0.15, -0.1) is 0 Å². The lowest BCUT2D eigenvalue weighted by molar-refractivity contribution is 0.102. The van der Waals surface area contributed by atoms with Gasteiger partial charge in [0.05, 0.1) is 17.6 Å². The van der Waals surface area contributed by atoms with E-state index in [-0.39, 0.29) is 17.4 Å². The van der Waals surface area contributed by atoms with E-state index in [1.54, 1.807) is 43.3 Å².